The molecule has 0 spiro atoms. The van der Waals surface area contributed by atoms with Gasteiger partial charge >= 0.3 is 0 Å². The molecule has 1 N–H and O–H groups in total. The highest BCUT2D eigenvalue weighted by molar-refractivity contribution is 6.38. The van der Waals surface area contributed by atoms with Crippen LogP contribution in [0, 0.1) is 0 Å². The van der Waals surface area contributed by atoms with E-state index in [4.69, 9.17) is 0 Å². The van der Waals surface area contributed by atoms with Crippen LogP contribution in [0.2, 0.25) is 0 Å². The van der Waals surface area contributed by atoms with E-state index in [2.05, 4.69) is 0 Å². The first kappa shape index (κ1) is 14.3. The molecule has 0 unspecified atom stereocenters. The molecule has 1 heterocycles. The topological polar surface area (TPSA) is 40.5 Å². The van der Waals surface area contributed by atoms with Crippen LogP contribution in [0.4, 0.5) is 11.4 Å². The Kier molecular flexibility index (Phi) is 3.39. The van der Waals surface area contributed by atoms with Gasteiger partial charge in [-0.25, -0.2) is 0 Å². The van der Waals surface area contributed by atoms with Crippen LogP contribution in [-0.4, -0.2) is 11.0 Å². The number of rotatable bonds is 2. The Bertz CT molecular complexity index is 945. The van der Waals surface area contributed by atoms with Crippen LogP contribution >= 0.6 is 0 Å². The number of nitrogens with zero attached hydrogens (tertiary/aromatic N) is 1. The van der Waals surface area contributed by atoms with Crippen molar-refractivity contribution in [3.05, 3.63) is 90.0 Å². The first-order valence-electron chi connectivity index (χ1n) is 7.74. The summed E-state index contributed by atoms with van der Waals surface area (Å²) in [6.07, 6.45) is 1.89. The Morgan fingerprint density at radius 2 is 1.38 bits per heavy atom. The Morgan fingerprint density at radius 3 is 2.12 bits per heavy atom. The molecule has 1 amide bonds. The zero-order valence-electron chi connectivity index (χ0n) is 12.9. The Hall–Kier alpha value is -3.33. The number of anilines is 2. The summed E-state index contributed by atoms with van der Waals surface area (Å²) in [5, 5.41) is 10.2. The highest BCUT2D eigenvalue weighted by atomic mass is 16.3. The summed E-state index contributed by atoms with van der Waals surface area (Å²) >= 11 is 0. The van der Waals surface area contributed by atoms with Gasteiger partial charge in [0.1, 0.15) is 5.75 Å². The van der Waals surface area contributed by atoms with Crippen molar-refractivity contribution in [2.75, 3.05) is 4.90 Å². The third-order valence-electron chi connectivity index (χ3n) is 4.10. The summed E-state index contributed by atoms with van der Waals surface area (Å²) in [6.45, 7) is 0. The van der Waals surface area contributed by atoms with E-state index in [9.17, 15) is 9.90 Å². The molecule has 0 saturated heterocycles. The minimum Gasteiger partial charge on any atom is -0.506 e. The van der Waals surface area contributed by atoms with E-state index in [0.717, 1.165) is 16.8 Å². The van der Waals surface area contributed by atoms with E-state index in [0.29, 0.717) is 11.3 Å². The second-order valence-corrected chi connectivity index (χ2v) is 5.62. The van der Waals surface area contributed by atoms with E-state index >= 15 is 0 Å². The van der Waals surface area contributed by atoms with Gasteiger partial charge in [0.2, 0.25) is 0 Å². The normalized spacial score (nSPS) is 14.9. The van der Waals surface area contributed by atoms with Gasteiger partial charge in [-0.05, 0) is 29.8 Å². The van der Waals surface area contributed by atoms with Crippen molar-refractivity contribution in [2.24, 2.45) is 0 Å². The van der Waals surface area contributed by atoms with Gasteiger partial charge in [0.25, 0.3) is 5.91 Å². The number of aromatic hydroxyl groups is 1. The number of para-hydroxylation sites is 3. The van der Waals surface area contributed by atoms with E-state index in [1.807, 2.05) is 66.7 Å². The summed E-state index contributed by atoms with van der Waals surface area (Å²) in [5.41, 5.74) is 3.74. The third kappa shape index (κ3) is 2.27. The molecule has 4 rings (SSSR count). The molecule has 0 fully saturated rings. The standard InChI is InChI=1S/C21H15NO2/c23-20-13-7-6-12-19(20)22-18-11-5-4-10-16(18)17(21(22)24)14-15-8-2-1-3-9-15/h1-14,23H/b17-14-. The minimum atomic E-state index is -0.137. The fraction of sp³-hybridized carbons (Fsp3) is 0. The highest BCUT2D eigenvalue weighted by Gasteiger charge is 2.34. The van der Waals surface area contributed by atoms with E-state index in [1.54, 1.807) is 23.1 Å². The van der Waals surface area contributed by atoms with Gasteiger partial charge in [0.05, 0.1) is 16.9 Å². The molecule has 0 bridgehead atoms. The lowest BCUT2D eigenvalue weighted by Crippen LogP contribution is -2.20. The molecule has 1 aliphatic rings. The Morgan fingerprint density at radius 1 is 0.750 bits per heavy atom. The van der Waals surface area contributed by atoms with Crippen LogP contribution in [-0.2, 0) is 4.79 Å². The van der Waals surface area contributed by atoms with Crippen LogP contribution in [0.1, 0.15) is 11.1 Å². The van der Waals surface area contributed by atoms with Crippen molar-refractivity contribution >= 4 is 28.9 Å². The highest BCUT2D eigenvalue weighted by Crippen LogP contribution is 2.44. The van der Waals surface area contributed by atoms with Crippen molar-refractivity contribution in [2.45, 2.75) is 0 Å². The average molecular weight is 313 g/mol. The van der Waals surface area contributed by atoms with Crippen molar-refractivity contribution in [3.8, 4) is 5.75 Å². The molecular formula is C21H15NO2. The number of hydrogen-bond donors (Lipinski definition) is 1. The van der Waals surface area contributed by atoms with Crippen LogP contribution in [0.25, 0.3) is 11.6 Å². The molecule has 0 saturated carbocycles. The van der Waals surface area contributed by atoms with Gasteiger partial charge in [0.15, 0.2) is 0 Å². The average Bonchev–Trinajstić information content (AvgIpc) is 2.89. The monoisotopic (exact) mass is 313 g/mol. The molecule has 0 aromatic heterocycles. The van der Waals surface area contributed by atoms with Gasteiger partial charge in [-0.15, -0.1) is 0 Å². The number of phenols is 1. The lowest BCUT2D eigenvalue weighted by molar-refractivity contribution is -0.112. The SMILES string of the molecule is O=C1/C(=C\c2ccccc2)c2ccccc2N1c1ccccc1O. The van der Waals surface area contributed by atoms with E-state index < -0.39 is 0 Å². The molecule has 3 aromatic rings. The largest absolute Gasteiger partial charge is 0.506 e. The minimum absolute atomic E-state index is 0.0848. The lowest BCUT2D eigenvalue weighted by atomic mass is 10.0. The molecule has 24 heavy (non-hydrogen) atoms. The predicted molar refractivity (Wildman–Crippen MR) is 96.0 cm³/mol. The van der Waals surface area contributed by atoms with Gasteiger partial charge in [-0.3, -0.25) is 9.69 Å². The molecule has 3 heteroatoms. The van der Waals surface area contributed by atoms with Gasteiger partial charge in [-0.2, -0.15) is 0 Å². The second-order valence-electron chi connectivity index (χ2n) is 5.62. The summed E-state index contributed by atoms with van der Waals surface area (Å²) in [5.74, 6) is -0.0526. The lowest BCUT2D eigenvalue weighted by Gasteiger charge is -2.18. The second kappa shape index (κ2) is 5.70. The van der Waals surface area contributed by atoms with Crippen LogP contribution in [0.15, 0.2) is 78.9 Å². The third-order valence-corrected chi connectivity index (χ3v) is 4.10. The number of fused-ring (bicyclic) bond motifs is 1. The Labute approximate surface area is 140 Å². The van der Waals surface area contributed by atoms with E-state index in [-0.39, 0.29) is 11.7 Å². The van der Waals surface area contributed by atoms with Crippen molar-refractivity contribution in [3.63, 3.8) is 0 Å². The summed E-state index contributed by atoms with van der Waals surface area (Å²) < 4.78 is 0. The fourth-order valence-electron chi connectivity index (χ4n) is 2.99. The summed E-state index contributed by atoms with van der Waals surface area (Å²) in [7, 11) is 0. The van der Waals surface area contributed by atoms with Gasteiger partial charge in [-0.1, -0.05) is 60.7 Å². The maximum absolute atomic E-state index is 13.1. The number of carbonyl (C=O) groups is 1. The molecule has 116 valence electrons. The maximum atomic E-state index is 13.1. The van der Waals surface area contributed by atoms with Gasteiger partial charge in [0, 0.05) is 5.56 Å². The molecule has 3 nitrogen and oxygen atoms in total. The van der Waals surface area contributed by atoms with Crippen molar-refractivity contribution in [1.29, 1.82) is 0 Å². The number of benzene rings is 3. The molecular weight excluding hydrogens is 298 g/mol. The van der Waals surface area contributed by atoms with Crippen molar-refractivity contribution < 1.29 is 9.90 Å². The van der Waals surface area contributed by atoms with Crippen molar-refractivity contribution in [1.82, 2.24) is 0 Å². The summed E-state index contributed by atoms with van der Waals surface area (Å²) in [4.78, 5) is 14.6. The van der Waals surface area contributed by atoms with Crippen LogP contribution in [0.3, 0.4) is 0 Å². The molecule has 0 radical (unpaired) electrons. The number of amides is 1. The number of hydrogen-bond acceptors (Lipinski definition) is 2. The molecule has 3 aromatic carbocycles. The molecule has 1 aliphatic heterocycles. The van der Waals surface area contributed by atoms with E-state index in [1.165, 1.54) is 0 Å². The smallest absolute Gasteiger partial charge is 0.263 e. The zero-order valence-corrected chi connectivity index (χ0v) is 12.9. The molecule has 0 aliphatic carbocycles. The number of phenolic OH excluding ortho intramolecular Hbond substituents is 1. The first-order chi connectivity index (χ1) is 11.8. The van der Waals surface area contributed by atoms with Gasteiger partial charge < -0.3 is 5.11 Å². The maximum Gasteiger partial charge on any atom is 0.263 e. The molecule has 0 atom stereocenters. The predicted octanol–water partition coefficient (Wildman–Crippen LogP) is 4.61. The zero-order chi connectivity index (χ0) is 16.5. The first-order valence-corrected chi connectivity index (χ1v) is 7.74. The number of carbonyl (C=O) groups excluding carboxylic acids is 1. The van der Waals surface area contributed by atoms with Crippen LogP contribution < -0.4 is 4.90 Å². The Balaban J connectivity index is 1.89. The summed E-state index contributed by atoms with van der Waals surface area (Å²) in [6, 6.07) is 24.3. The van der Waals surface area contributed by atoms with Crippen LogP contribution in [0.5, 0.6) is 5.75 Å². The fourth-order valence-corrected chi connectivity index (χ4v) is 2.99. The quantitative estimate of drug-likeness (QED) is 0.702.